The number of nitrogens with zero attached hydrogens (tertiary/aromatic N) is 4. The summed E-state index contributed by atoms with van der Waals surface area (Å²) in [5, 5.41) is 14.6. The van der Waals surface area contributed by atoms with E-state index in [0.717, 1.165) is 12.1 Å². The molecule has 4 rings (SSSR count). The highest BCUT2D eigenvalue weighted by atomic mass is 15.3. The molecule has 0 bridgehead atoms. The molecule has 0 amide bonds. The fourth-order valence-corrected chi connectivity index (χ4v) is 2.87. The van der Waals surface area contributed by atoms with E-state index in [0.29, 0.717) is 17.4 Å². The minimum Gasteiger partial charge on any atom is -0.357 e. The largest absolute Gasteiger partial charge is 0.357 e. The summed E-state index contributed by atoms with van der Waals surface area (Å²) in [6.07, 6.45) is 7.20. The number of hydrogen-bond acceptors (Lipinski definition) is 5. The van der Waals surface area contributed by atoms with Crippen molar-refractivity contribution in [2.75, 3.05) is 17.7 Å². The van der Waals surface area contributed by atoms with Crippen LogP contribution in [-0.2, 0) is 12.8 Å². The zero-order valence-corrected chi connectivity index (χ0v) is 11.8. The van der Waals surface area contributed by atoms with Gasteiger partial charge in [-0.3, -0.25) is 4.40 Å². The van der Waals surface area contributed by atoms with Gasteiger partial charge in [0.1, 0.15) is 0 Å². The smallest absolute Gasteiger partial charge is 0.228 e. The summed E-state index contributed by atoms with van der Waals surface area (Å²) < 4.78 is 1.88. The predicted molar refractivity (Wildman–Crippen MR) is 82.1 cm³/mol. The van der Waals surface area contributed by atoms with Gasteiger partial charge >= 0.3 is 0 Å². The number of fused-ring (bicyclic) bond motifs is 2. The Morgan fingerprint density at radius 3 is 2.95 bits per heavy atom. The van der Waals surface area contributed by atoms with Crippen molar-refractivity contribution in [3.8, 4) is 0 Å². The van der Waals surface area contributed by atoms with Crippen molar-refractivity contribution in [1.29, 1.82) is 0 Å². The van der Waals surface area contributed by atoms with Gasteiger partial charge in [0, 0.05) is 25.1 Å². The van der Waals surface area contributed by atoms with Crippen LogP contribution in [0.5, 0.6) is 0 Å². The number of anilines is 3. The summed E-state index contributed by atoms with van der Waals surface area (Å²) in [6.45, 7) is 0. The minimum absolute atomic E-state index is 0.699. The molecule has 6 nitrogen and oxygen atoms in total. The van der Waals surface area contributed by atoms with Gasteiger partial charge in [0.25, 0.3) is 0 Å². The van der Waals surface area contributed by atoms with Gasteiger partial charge in [0.2, 0.25) is 11.6 Å². The summed E-state index contributed by atoms with van der Waals surface area (Å²) in [6, 6.07) is 6.52. The Morgan fingerprint density at radius 2 is 2.05 bits per heavy atom. The van der Waals surface area contributed by atoms with E-state index in [9.17, 15) is 0 Å². The van der Waals surface area contributed by atoms with Crippen molar-refractivity contribution < 1.29 is 0 Å². The second-order valence-corrected chi connectivity index (χ2v) is 5.21. The highest BCUT2D eigenvalue weighted by Gasteiger charge is 2.13. The van der Waals surface area contributed by atoms with E-state index in [4.69, 9.17) is 0 Å². The molecule has 0 saturated carbocycles. The normalized spacial score (nSPS) is 13.4. The van der Waals surface area contributed by atoms with Crippen molar-refractivity contribution in [3.05, 3.63) is 41.7 Å². The summed E-state index contributed by atoms with van der Waals surface area (Å²) >= 11 is 0. The Kier molecular flexibility index (Phi) is 2.73. The van der Waals surface area contributed by atoms with Crippen LogP contribution in [-0.4, -0.2) is 26.6 Å². The molecule has 21 heavy (non-hydrogen) atoms. The van der Waals surface area contributed by atoms with E-state index in [1.54, 1.807) is 6.20 Å². The summed E-state index contributed by atoms with van der Waals surface area (Å²) in [5.74, 6) is 1.41. The minimum atomic E-state index is 0.699. The predicted octanol–water partition coefficient (Wildman–Crippen LogP) is 2.40. The first kappa shape index (κ1) is 12.1. The third kappa shape index (κ3) is 1.99. The van der Waals surface area contributed by atoms with Crippen LogP contribution in [0.25, 0.3) is 5.65 Å². The zero-order valence-electron chi connectivity index (χ0n) is 11.8. The maximum absolute atomic E-state index is 4.38. The lowest BCUT2D eigenvalue weighted by Gasteiger charge is -2.08. The molecule has 6 heteroatoms. The third-order valence-corrected chi connectivity index (χ3v) is 3.91. The van der Waals surface area contributed by atoms with Crippen molar-refractivity contribution in [2.45, 2.75) is 19.3 Å². The number of benzene rings is 1. The van der Waals surface area contributed by atoms with Crippen LogP contribution in [0, 0.1) is 0 Å². The maximum Gasteiger partial charge on any atom is 0.228 e. The lowest BCUT2D eigenvalue weighted by Crippen LogP contribution is -2.00. The number of hydrogen-bond donors (Lipinski definition) is 2. The van der Waals surface area contributed by atoms with Gasteiger partial charge in [-0.15, -0.1) is 10.2 Å². The molecular formula is C15H16N6. The molecule has 2 aromatic heterocycles. The molecule has 0 unspecified atom stereocenters. The summed E-state index contributed by atoms with van der Waals surface area (Å²) in [5.41, 5.74) is 4.66. The van der Waals surface area contributed by atoms with Crippen molar-refractivity contribution >= 4 is 23.1 Å². The molecule has 0 saturated heterocycles. The molecule has 1 aromatic carbocycles. The van der Waals surface area contributed by atoms with Gasteiger partial charge in [-0.05, 0) is 42.5 Å². The van der Waals surface area contributed by atoms with Crippen LogP contribution >= 0.6 is 0 Å². The lowest BCUT2D eigenvalue weighted by molar-refractivity contribution is 0.912. The maximum atomic E-state index is 4.38. The average molecular weight is 280 g/mol. The average Bonchev–Trinajstić information content (AvgIpc) is 3.13. The SMILES string of the molecule is CNc1nnc2c(Nc3ccc4c(c3)CCC4)nccn12. The number of nitrogens with one attached hydrogen (secondary N) is 2. The van der Waals surface area contributed by atoms with E-state index in [2.05, 4.69) is 44.0 Å². The molecule has 2 heterocycles. The van der Waals surface area contributed by atoms with E-state index < -0.39 is 0 Å². The molecule has 0 aliphatic heterocycles. The van der Waals surface area contributed by atoms with Crippen LogP contribution in [0.15, 0.2) is 30.6 Å². The Morgan fingerprint density at radius 1 is 1.14 bits per heavy atom. The van der Waals surface area contributed by atoms with Crippen molar-refractivity contribution in [3.63, 3.8) is 0 Å². The molecule has 1 aliphatic carbocycles. The Bertz CT molecular complexity index is 807. The lowest BCUT2D eigenvalue weighted by atomic mass is 10.1. The van der Waals surface area contributed by atoms with E-state index in [-0.39, 0.29) is 0 Å². The van der Waals surface area contributed by atoms with Crippen LogP contribution < -0.4 is 10.6 Å². The van der Waals surface area contributed by atoms with Crippen LogP contribution in [0.3, 0.4) is 0 Å². The molecule has 0 fully saturated rings. The Labute approximate surface area is 122 Å². The molecule has 3 aromatic rings. The number of rotatable bonds is 3. The molecule has 1 aliphatic rings. The molecule has 0 radical (unpaired) electrons. The van der Waals surface area contributed by atoms with Gasteiger partial charge in [-0.25, -0.2) is 4.98 Å². The summed E-state index contributed by atoms with van der Waals surface area (Å²) in [7, 11) is 1.82. The molecular weight excluding hydrogens is 264 g/mol. The molecule has 0 atom stereocenters. The highest BCUT2D eigenvalue weighted by Crippen LogP contribution is 2.27. The van der Waals surface area contributed by atoms with Crippen LogP contribution in [0.4, 0.5) is 17.5 Å². The third-order valence-electron chi connectivity index (χ3n) is 3.91. The molecule has 2 N–H and O–H groups in total. The highest BCUT2D eigenvalue weighted by molar-refractivity contribution is 5.71. The Hall–Kier alpha value is -2.63. The monoisotopic (exact) mass is 280 g/mol. The standard InChI is InChI=1S/C15H16N6/c1-16-15-20-19-14-13(17-7-8-21(14)15)18-12-6-5-10-3-2-4-11(10)9-12/h5-9H,2-4H2,1H3,(H,16,20)(H,17,18). The topological polar surface area (TPSA) is 67.1 Å². The van der Waals surface area contributed by atoms with E-state index >= 15 is 0 Å². The molecule has 0 spiro atoms. The van der Waals surface area contributed by atoms with Crippen molar-refractivity contribution in [1.82, 2.24) is 19.6 Å². The van der Waals surface area contributed by atoms with Crippen LogP contribution in [0.2, 0.25) is 0 Å². The fraction of sp³-hybridized carbons (Fsp3) is 0.267. The zero-order chi connectivity index (χ0) is 14.2. The van der Waals surface area contributed by atoms with E-state index in [1.165, 1.54) is 24.0 Å². The van der Waals surface area contributed by atoms with Gasteiger partial charge < -0.3 is 10.6 Å². The van der Waals surface area contributed by atoms with Gasteiger partial charge in [0.15, 0.2) is 5.82 Å². The second-order valence-electron chi connectivity index (χ2n) is 5.21. The number of aromatic nitrogens is 4. The Balaban J connectivity index is 1.72. The first-order valence-electron chi connectivity index (χ1n) is 7.11. The van der Waals surface area contributed by atoms with Crippen LogP contribution in [0.1, 0.15) is 17.5 Å². The van der Waals surface area contributed by atoms with Gasteiger partial charge in [-0.1, -0.05) is 6.07 Å². The van der Waals surface area contributed by atoms with Gasteiger partial charge in [-0.2, -0.15) is 0 Å². The number of aryl methyl sites for hydroxylation is 2. The van der Waals surface area contributed by atoms with Gasteiger partial charge in [0.05, 0.1) is 0 Å². The van der Waals surface area contributed by atoms with Crippen molar-refractivity contribution in [2.24, 2.45) is 0 Å². The summed E-state index contributed by atoms with van der Waals surface area (Å²) in [4.78, 5) is 4.38. The quantitative estimate of drug-likeness (QED) is 0.771. The first-order valence-corrected chi connectivity index (χ1v) is 7.11. The molecule has 106 valence electrons. The second kappa shape index (κ2) is 4.73. The van der Waals surface area contributed by atoms with E-state index in [1.807, 2.05) is 17.6 Å². The fourth-order valence-electron chi connectivity index (χ4n) is 2.87. The first-order chi connectivity index (χ1) is 10.3.